The monoisotopic (exact) mass is 375 g/mol. The Morgan fingerprint density at radius 2 is 1.93 bits per heavy atom. The number of rotatable bonds is 6. The average Bonchev–Trinajstić information content (AvgIpc) is 3.19. The lowest BCUT2D eigenvalue weighted by molar-refractivity contribution is 0.188. The highest BCUT2D eigenvalue weighted by atomic mass is 15.1. The van der Waals surface area contributed by atoms with Gasteiger partial charge in [-0.25, -0.2) is 4.98 Å². The molecule has 4 aliphatic rings. The minimum absolute atomic E-state index is 0.327. The van der Waals surface area contributed by atoms with Crippen molar-refractivity contribution >= 4 is 11.8 Å². The molecule has 2 heterocycles. The van der Waals surface area contributed by atoms with E-state index in [1.54, 1.807) is 18.6 Å². The van der Waals surface area contributed by atoms with Crippen LogP contribution in [0.1, 0.15) is 36.8 Å². The number of pyridine rings is 1. The van der Waals surface area contributed by atoms with Crippen molar-refractivity contribution in [2.75, 3.05) is 17.2 Å². The zero-order valence-corrected chi connectivity index (χ0v) is 15.8. The van der Waals surface area contributed by atoms with Gasteiger partial charge in [0.1, 0.15) is 17.5 Å². The van der Waals surface area contributed by atoms with Crippen LogP contribution in [0.2, 0.25) is 0 Å². The fourth-order valence-corrected chi connectivity index (χ4v) is 5.84. The molecule has 6 rings (SSSR count). The third-order valence-electron chi connectivity index (χ3n) is 7.18. The van der Waals surface area contributed by atoms with Crippen LogP contribution in [0.3, 0.4) is 0 Å². The van der Waals surface area contributed by atoms with E-state index in [9.17, 15) is 5.26 Å². The lowest BCUT2D eigenvalue weighted by Gasteiger charge is -2.37. The summed E-state index contributed by atoms with van der Waals surface area (Å²) in [5.74, 6) is 3.27. The molecule has 2 aromatic heterocycles. The Morgan fingerprint density at radius 3 is 2.64 bits per heavy atom. The van der Waals surface area contributed by atoms with E-state index in [0.717, 1.165) is 18.0 Å². The summed E-state index contributed by atoms with van der Waals surface area (Å²) in [6, 6.07) is 6.50. The van der Waals surface area contributed by atoms with Crippen molar-refractivity contribution in [3.8, 4) is 6.07 Å². The van der Waals surface area contributed by atoms with Gasteiger partial charge < -0.3 is 16.4 Å². The summed E-state index contributed by atoms with van der Waals surface area (Å²) >= 11 is 0. The Balaban J connectivity index is 1.29. The number of aromatic nitrogens is 3. The summed E-state index contributed by atoms with van der Waals surface area (Å²) in [6.07, 6.45) is 10.1. The lowest BCUT2D eigenvalue weighted by atomic mass is 9.73. The van der Waals surface area contributed by atoms with Crippen molar-refractivity contribution in [1.29, 1.82) is 5.26 Å². The Bertz CT molecular complexity index is 891. The summed E-state index contributed by atoms with van der Waals surface area (Å²) in [6.45, 7) is 1.48. The van der Waals surface area contributed by atoms with Crippen LogP contribution >= 0.6 is 0 Å². The molecule has 0 radical (unpaired) electrons. The molecule has 7 heteroatoms. The van der Waals surface area contributed by atoms with Gasteiger partial charge in [0.05, 0.1) is 6.20 Å². The van der Waals surface area contributed by atoms with Gasteiger partial charge in [0.2, 0.25) is 5.95 Å². The molecule has 0 saturated heterocycles. The molecule has 28 heavy (non-hydrogen) atoms. The Labute approximate surface area is 164 Å². The summed E-state index contributed by atoms with van der Waals surface area (Å²) in [7, 11) is 0. The van der Waals surface area contributed by atoms with Gasteiger partial charge in [0.25, 0.3) is 0 Å². The first-order valence-electron chi connectivity index (χ1n) is 10.1. The van der Waals surface area contributed by atoms with E-state index < -0.39 is 0 Å². The maximum absolute atomic E-state index is 9.46. The van der Waals surface area contributed by atoms with Crippen molar-refractivity contribution in [2.24, 2.45) is 28.9 Å². The molecule has 3 unspecified atom stereocenters. The molecule has 4 saturated carbocycles. The van der Waals surface area contributed by atoms with Crippen LogP contribution in [0.5, 0.6) is 0 Å². The molecule has 0 aromatic carbocycles. The number of hydrogen-bond acceptors (Lipinski definition) is 7. The topological polar surface area (TPSA) is 113 Å². The molecule has 7 nitrogen and oxygen atoms in total. The minimum Gasteiger partial charge on any atom is -0.368 e. The first kappa shape index (κ1) is 17.4. The Kier molecular flexibility index (Phi) is 4.17. The van der Waals surface area contributed by atoms with Crippen LogP contribution in [0, 0.1) is 34.5 Å². The van der Waals surface area contributed by atoms with Crippen LogP contribution < -0.4 is 16.4 Å². The second kappa shape index (κ2) is 6.71. The van der Waals surface area contributed by atoms with Gasteiger partial charge in [-0.05, 0) is 66.5 Å². The van der Waals surface area contributed by atoms with Crippen LogP contribution in [-0.4, -0.2) is 27.5 Å². The Hall–Kier alpha value is -2.72. The lowest BCUT2D eigenvalue weighted by Crippen LogP contribution is -2.42. The maximum atomic E-state index is 9.46. The molecule has 0 aliphatic heterocycles. The number of anilines is 2. The minimum atomic E-state index is 0.327. The van der Waals surface area contributed by atoms with Gasteiger partial charge in [0.15, 0.2) is 0 Å². The van der Waals surface area contributed by atoms with Crippen molar-refractivity contribution in [1.82, 2.24) is 15.0 Å². The Morgan fingerprint density at radius 1 is 1.18 bits per heavy atom. The van der Waals surface area contributed by atoms with Crippen LogP contribution in [0.15, 0.2) is 30.7 Å². The van der Waals surface area contributed by atoms with E-state index in [0.29, 0.717) is 47.2 Å². The fraction of sp³-hybridized carbons (Fsp3) is 0.524. The van der Waals surface area contributed by atoms with E-state index in [1.165, 1.54) is 25.7 Å². The van der Waals surface area contributed by atoms with Crippen molar-refractivity contribution in [3.63, 3.8) is 0 Å². The van der Waals surface area contributed by atoms with E-state index in [-0.39, 0.29) is 0 Å². The van der Waals surface area contributed by atoms with E-state index in [2.05, 4.69) is 31.7 Å². The molecule has 0 spiro atoms. The zero-order chi connectivity index (χ0) is 19.1. The smallest absolute Gasteiger partial charge is 0.224 e. The van der Waals surface area contributed by atoms with Crippen molar-refractivity contribution in [2.45, 2.75) is 38.3 Å². The first-order valence-corrected chi connectivity index (χ1v) is 10.1. The molecule has 4 aliphatic carbocycles. The number of nitriles is 1. The summed E-state index contributed by atoms with van der Waals surface area (Å²) in [5, 5.41) is 16.2. The van der Waals surface area contributed by atoms with Gasteiger partial charge in [-0.2, -0.15) is 10.2 Å². The molecule has 4 bridgehead atoms. The third-order valence-corrected chi connectivity index (χ3v) is 7.18. The number of nitrogens with one attached hydrogen (secondary N) is 2. The standard InChI is InChI=1S/C21H25N7/c22-9-16-11-26-20(25-10-13-1-3-24-4-2-13)28-19(16)27-12-21-7-14-5-17(21)6-15(8-21)18(14)23/h1-4,11,14-15,17-18H,5-8,10,12,23H2,(H2,25,26,27,28)/t14-,15+,17?,18?,21?. The number of nitrogens with two attached hydrogens (primary N) is 1. The second-order valence-electron chi connectivity index (χ2n) is 8.67. The zero-order valence-electron chi connectivity index (χ0n) is 15.8. The summed E-state index contributed by atoms with van der Waals surface area (Å²) in [5.41, 5.74) is 8.33. The molecular weight excluding hydrogens is 350 g/mol. The third kappa shape index (κ3) is 2.89. The van der Waals surface area contributed by atoms with Gasteiger partial charge in [-0.1, -0.05) is 0 Å². The molecule has 144 valence electrons. The largest absolute Gasteiger partial charge is 0.368 e. The first-order chi connectivity index (χ1) is 13.7. The average molecular weight is 375 g/mol. The molecule has 5 atom stereocenters. The van der Waals surface area contributed by atoms with Crippen LogP contribution in [0.4, 0.5) is 11.8 Å². The van der Waals surface area contributed by atoms with Crippen molar-refractivity contribution < 1.29 is 0 Å². The number of hydrogen-bond donors (Lipinski definition) is 3. The highest BCUT2D eigenvalue weighted by molar-refractivity contribution is 5.53. The molecule has 0 amide bonds. The van der Waals surface area contributed by atoms with E-state index in [1.807, 2.05) is 12.1 Å². The normalized spacial score (nSPS) is 32.3. The summed E-state index contributed by atoms with van der Waals surface area (Å²) in [4.78, 5) is 12.9. The highest BCUT2D eigenvalue weighted by Gasteiger charge is 2.60. The van der Waals surface area contributed by atoms with Crippen LogP contribution in [0.25, 0.3) is 0 Å². The van der Waals surface area contributed by atoms with Gasteiger partial charge in [-0.15, -0.1) is 0 Å². The molecule has 4 fully saturated rings. The van der Waals surface area contributed by atoms with Crippen LogP contribution in [-0.2, 0) is 6.54 Å². The van der Waals surface area contributed by atoms with Gasteiger partial charge in [-0.3, -0.25) is 4.98 Å². The SMILES string of the molecule is N#Cc1cnc(NCc2ccncc2)nc1NCC12C[C@H]3CC1C[C@@H](C2)C3N. The molecule has 4 N–H and O–H groups in total. The maximum Gasteiger partial charge on any atom is 0.224 e. The molecular formula is C21H25N7. The predicted molar refractivity (Wildman–Crippen MR) is 106 cm³/mol. The second-order valence-corrected chi connectivity index (χ2v) is 8.67. The van der Waals surface area contributed by atoms with Crippen molar-refractivity contribution in [3.05, 3.63) is 41.9 Å². The predicted octanol–water partition coefficient (Wildman–Crippen LogP) is 2.53. The molecule has 2 aromatic rings. The summed E-state index contributed by atoms with van der Waals surface area (Å²) < 4.78 is 0. The van der Waals surface area contributed by atoms with Gasteiger partial charge >= 0.3 is 0 Å². The van der Waals surface area contributed by atoms with E-state index in [4.69, 9.17) is 5.73 Å². The quantitative estimate of drug-likeness (QED) is 0.711. The highest BCUT2D eigenvalue weighted by Crippen LogP contribution is 2.64. The number of nitrogens with zero attached hydrogens (tertiary/aromatic N) is 4. The van der Waals surface area contributed by atoms with Gasteiger partial charge in [0, 0.05) is 31.5 Å². The van der Waals surface area contributed by atoms with E-state index >= 15 is 0 Å². The fourth-order valence-electron chi connectivity index (χ4n) is 5.84.